The van der Waals surface area contributed by atoms with Gasteiger partial charge in [-0.15, -0.1) is 0 Å². The van der Waals surface area contributed by atoms with E-state index in [4.69, 9.17) is 4.74 Å². The average Bonchev–Trinajstić information content (AvgIpc) is 2.84. The fourth-order valence-corrected chi connectivity index (χ4v) is 4.37. The molecular weight excluding hydrogens is 454 g/mol. The highest BCUT2D eigenvalue weighted by molar-refractivity contribution is 5.87. The van der Waals surface area contributed by atoms with Gasteiger partial charge in [-0.25, -0.2) is 13.6 Å². The second-order valence-corrected chi connectivity index (χ2v) is 8.72. The van der Waals surface area contributed by atoms with Crippen LogP contribution in [0.2, 0.25) is 0 Å². The summed E-state index contributed by atoms with van der Waals surface area (Å²) in [6, 6.07) is 10.6. The zero-order valence-corrected chi connectivity index (χ0v) is 20.2. The molecule has 2 aromatic carbocycles. The van der Waals surface area contributed by atoms with Crippen LogP contribution in [0.1, 0.15) is 45.6 Å². The molecule has 1 aliphatic rings. The van der Waals surface area contributed by atoms with Crippen LogP contribution in [0.25, 0.3) is 11.1 Å². The van der Waals surface area contributed by atoms with Crippen molar-refractivity contribution >= 4 is 11.9 Å². The quantitative estimate of drug-likeness (QED) is 0.458. The summed E-state index contributed by atoms with van der Waals surface area (Å²) in [5.41, 5.74) is 0.980. The molecule has 0 spiro atoms. The van der Waals surface area contributed by atoms with Crippen LogP contribution in [0, 0.1) is 11.6 Å². The standard InChI is InChI=1S/C27H32F2N2O4/c1-4-20(5-2)35-23-14-19(27(33)34)13-22(26(23)31-16(3)32)30-15-18-11-12-21(25(29)24(18)28)17-9-7-6-8-10-17/h6-12,14,20,22-23,26,30H,4-5,13,15H2,1-3H3,(H,31,32)(H,33,34)/t22-,23+,26+/m0/s1. The van der Waals surface area contributed by atoms with E-state index in [-0.39, 0.29) is 41.7 Å². The van der Waals surface area contributed by atoms with Gasteiger partial charge in [-0.3, -0.25) is 4.79 Å². The fourth-order valence-electron chi connectivity index (χ4n) is 4.37. The Morgan fingerprint density at radius 2 is 1.77 bits per heavy atom. The van der Waals surface area contributed by atoms with Crippen molar-refractivity contribution in [1.82, 2.24) is 10.6 Å². The first-order valence-corrected chi connectivity index (χ1v) is 11.9. The first-order valence-electron chi connectivity index (χ1n) is 11.9. The molecule has 35 heavy (non-hydrogen) atoms. The molecule has 1 aliphatic carbocycles. The largest absolute Gasteiger partial charge is 0.478 e. The maximum absolute atomic E-state index is 14.9. The summed E-state index contributed by atoms with van der Waals surface area (Å²) in [6.07, 6.45) is 2.30. The van der Waals surface area contributed by atoms with Gasteiger partial charge in [0.1, 0.15) is 0 Å². The smallest absolute Gasteiger partial charge is 0.331 e. The third-order valence-corrected chi connectivity index (χ3v) is 6.30. The van der Waals surface area contributed by atoms with E-state index in [1.54, 1.807) is 30.3 Å². The molecule has 188 valence electrons. The average molecular weight is 487 g/mol. The molecule has 0 aliphatic heterocycles. The molecule has 0 aromatic heterocycles. The van der Waals surface area contributed by atoms with Gasteiger partial charge in [0.05, 0.1) is 18.2 Å². The second kappa shape index (κ2) is 12.0. The fraction of sp³-hybridized carbons (Fsp3) is 0.407. The molecule has 0 saturated heterocycles. The van der Waals surface area contributed by atoms with Gasteiger partial charge < -0.3 is 20.5 Å². The number of amides is 1. The molecule has 6 nitrogen and oxygen atoms in total. The van der Waals surface area contributed by atoms with E-state index in [0.29, 0.717) is 5.56 Å². The monoisotopic (exact) mass is 486 g/mol. The van der Waals surface area contributed by atoms with Crippen LogP contribution in [0.4, 0.5) is 8.78 Å². The summed E-state index contributed by atoms with van der Waals surface area (Å²) in [4.78, 5) is 23.7. The number of nitrogens with one attached hydrogen (secondary N) is 2. The van der Waals surface area contributed by atoms with Crippen LogP contribution in [-0.2, 0) is 20.9 Å². The Kier molecular flexibility index (Phi) is 9.12. The van der Waals surface area contributed by atoms with E-state index >= 15 is 0 Å². The molecule has 0 unspecified atom stereocenters. The van der Waals surface area contributed by atoms with Crippen molar-refractivity contribution in [3.8, 4) is 11.1 Å². The maximum atomic E-state index is 14.9. The Labute approximate surface area is 204 Å². The predicted octanol–water partition coefficient (Wildman–Crippen LogP) is 4.58. The van der Waals surface area contributed by atoms with Gasteiger partial charge in [-0.1, -0.05) is 56.3 Å². The summed E-state index contributed by atoms with van der Waals surface area (Å²) in [5, 5.41) is 15.6. The maximum Gasteiger partial charge on any atom is 0.331 e. The van der Waals surface area contributed by atoms with Gasteiger partial charge in [-0.05, 0) is 30.9 Å². The van der Waals surface area contributed by atoms with E-state index in [9.17, 15) is 23.5 Å². The second-order valence-electron chi connectivity index (χ2n) is 8.72. The highest BCUT2D eigenvalue weighted by Gasteiger charge is 2.37. The third kappa shape index (κ3) is 6.52. The number of rotatable bonds is 10. The molecule has 8 heteroatoms. The molecule has 3 N–H and O–H groups in total. The number of hydrogen-bond donors (Lipinski definition) is 3. The summed E-state index contributed by atoms with van der Waals surface area (Å²) in [6.45, 7) is 5.26. The molecule has 3 rings (SSSR count). The zero-order chi connectivity index (χ0) is 25.5. The van der Waals surface area contributed by atoms with Crippen molar-refractivity contribution in [3.63, 3.8) is 0 Å². The third-order valence-electron chi connectivity index (χ3n) is 6.30. The van der Waals surface area contributed by atoms with E-state index < -0.39 is 35.8 Å². The number of aliphatic carboxylic acids is 1. The number of ether oxygens (including phenoxy) is 1. The highest BCUT2D eigenvalue weighted by Crippen LogP contribution is 2.28. The van der Waals surface area contributed by atoms with Gasteiger partial charge in [-0.2, -0.15) is 0 Å². The number of halogens is 2. The minimum absolute atomic E-state index is 0.0524. The summed E-state index contributed by atoms with van der Waals surface area (Å²) < 4.78 is 35.9. The highest BCUT2D eigenvalue weighted by atomic mass is 19.2. The van der Waals surface area contributed by atoms with Crippen molar-refractivity contribution in [1.29, 1.82) is 0 Å². The van der Waals surface area contributed by atoms with Crippen molar-refractivity contribution < 1.29 is 28.2 Å². The Hall–Kier alpha value is -3.10. The molecule has 0 bridgehead atoms. The number of carbonyl (C=O) groups excluding carboxylic acids is 1. The molecule has 1 amide bonds. The zero-order valence-electron chi connectivity index (χ0n) is 20.2. The lowest BCUT2D eigenvalue weighted by molar-refractivity contribution is -0.133. The normalized spacial score (nSPS) is 19.9. The summed E-state index contributed by atoms with van der Waals surface area (Å²) in [7, 11) is 0. The van der Waals surface area contributed by atoms with Crippen molar-refractivity contribution in [2.45, 2.75) is 70.9 Å². The van der Waals surface area contributed by atoms with E-state index in [2.05, 4.69) is 10.6 Å². The van der Waals surface area contributed by atoms with Crippen molar-refractivity contribution in [2.24, 2.45) is 0 Å². The number of benzene rings is 2. The lowest BCUT2D eigenvalue weighted by atomic mass is 9.87. The minimum atomic E-state index is -1.08. The molecule has 0 heterocycles. The van der Waals surface area contributed by atoms with Crippen molar-refractivity contribution in [3.05, 3.63) is 71.3 Å². The molecule has 0 radical (unpaired) electrons. The van der Waals surface area contributed by atoms with Crippen LogP contribution >= 0.6 is 0 Å². The van der Waals surface area contributed by atoms with Gasteiger partial charge in [0.15, 0.2) is 11.6 Å². The van der Waals surface area contributed by atoms with E-state index in [1.165, 1.54) is 25.1 Å². The number of hydrogen-bond acceptors (Lipinski definition) is 4. The van der Waals surface area contributed by atoms with Crippen LogP contribution < -0.4 is 10.6 Å². The predicted molar refractivity (Wildman–Crippen MR) is 130 cm³/mol. The Morgan fingerprint density at radius 3 is 2.37 bits per heavy atom. The Morgan fingerprint density at radius 1 is 1.09 bits per heavy atom. The number of carbonyl (C=O) groups is 2. The lowest BCUT2D eigenvalue weighted by Gasteiger charge is -2.38. The summed E-state index contributed by atoms with van der Waals surface area (Å²) in [5.74, 6) is -3.29. The first kappa shape index (κ1) is 26.5. The van der Waals surface area contributed by atoms with Gasteiger partial charge in [0, 0.05) is 36.2 Å². The summed E-state index contributed by atoms with van der Waals surface area (Å²) >= 11 is 0. The molecule has 0 saturated carbocycles. The lowest BCUT2D eigenvalue weighted by Crippen LogP contribution is -2.58. The van der Waals surface area contributed by atoms with Gasteiger partial charge in [0.2, 0.25) is 5.91 Å². The Bertz CT molecular complexity index is 1070. The van der Waals surface area contributed by atoms with Gasteiger partial charge in [0.25, 0.3) is 0 Å². The Balaban J connectivity index is 1.85. The van der Waals surface area contributed by atoms with E-state index in [1.807, 2.05) is 13.8 Å². The van der Waals surface area contributed by atoms with Crippen LogP contribution in [-0.4, -0.2) is 41.3 Å². The molecule has 0 fully saturated rings. The molecule has 2 aromatic rings. The van der Waals surface area contributed by atoms with Crippen molar-refractivity contribution in [2.75, 3.05) is 0 Å². The SMILES string of the molecule is CCC(CC)O[C@@H]1C=C(C(=O)O)C[C@H](NCc2ccc(-c3ccccc3)c(F)c2F)[C@H]1NC(C)=O. The van der Waals surface area contributed by atoms with Crippen LogP contribution in [0.15, 0.2) is 54.1 Å². The van der Waals surface area contributed by atoms with E-state index in [0.717, 1.165) is 12.8 Å². The van der Waals surface area contributed by atoms with Gasteiger partial charge >= 0.3 is 5.97 Å². The molecular formula is C27H32F2N2O4. The molecule has 3 atom stereocenters. The number of carboxylic acids is 1. The minimum Gasteiger partial charge on any atom is -0.478 e. The number of carboxylic acid groups (broad SMARTS) is 1. The van der Waals surface area contributed by atoms with Crippen LogP contribution in [0.3, 0.4) is 0 Å². The first-order chi connectivity index (χ1) is 16.7. The van der Waals surface area contributed by atoms with Crippen LogP contribution in [0.5, 0.6) is 0 Å². The topological polar surface area (TPSA) is 87.7 Å².